The summed E-state index contributed by atoms with van der Waals surface area (Å²) >= 11 is 1.15. The molecule has 3 rings (SSSR count). The molecule has 2 aromatic heterocycles. The van der Waals surface area contributed by atoms with E-state index in [0.717, 1.165) is 11.8 Å². The average molecular weight is 418 g/mol. The number of thioether (sulfide) groups is 1. The SMILES string of the molecule is CCn1c(SCC(=O)O[C@@H](C)C(=O)Nc2cccc(F)c2)nnc1-c1ccco1. The number of hydrogen-bond donors (Lipinski definition) is 1. The molecule has 0 saturated heterocycles. The van der Waals surface area contributed by atoms with Crippen molar-refractivity contribution in [2.24, 2.45) is 0 Å². The van der Waals surface area contributed by atoms with Gasteiger partial charge in [-0.1, -0.05) is 17.8 Å². The Morgan fingerprint density at radius 1 is 1.31 bits per heavy atom. The molecule has 0 unspecified atom stereocenters. The second-order valence-corrected chi connectivity index (χ2v) is 6.89. The lowest BCUT2D eigenvalue weighted by molar-refractivity contribution is -0.150. The fourth-order valence-corrected chi connectivity index (χ4v) is 3.27. The van der Waals surface area contributed by atoms with Crippen molar-refractivity contribution >= 4 is 29.3 Å². The molecule has 10 heteroatoms. The summed E-state index contributed by atoms with van der Waals surface area (Å²) in [6.07, 6.45) is 0.513. The van der Waals surface area contributed by atoms with Crippen LogP contribution in [0.3, 0.4) is 0 Å². The number of amides is 1. The predicted molar refractivity (Wildman–Crippen MR) is 105 cm³/mol. The normalized spacial score (nSPS) is 11.8. The highest BCUT2D eigenvalue weighted by molar-refractivity contribution is 7.99. The monoisotopic (exact) mass is 418 g/mol. The van der Waals surface area contributed by atoms with Crippen molar-refractivity contribution in [3.8, 4) is 11.6 Å². The molecule has 2 heterocycles. The zero-order valence-corrected chi connectivity index (χ0v) is 16.6. The van der Waals surface area contributed by atoms with E-state index in [4.69, 9.17) is 9.15 Å². The summed E-state index contributed by atoms with van der Waals surface area (Å²) in [7, 11) is 0. The molecule has 1 atom stereocenters. The fourth-order valence-electron chi connectivity index (χ4n) is 2.49. The third-order valence-electron chi connectivity index (χ3n) is 3.86. The maximum Gasteiger partial charge on any atom is 0.317 e. The largest absolute Gasteiger partial charge is 0.461 e. The molecule has 8 nitrogen and oxygen atoms in total. The van der Waals surface area contributed by atoms with Crippen molar-refractivity contribution < 1.29 is 23.1 Å². The Balaban J connectivity index is 1.54. The summed E-state index contributed by atoms with van der Waals surface area (Å²) in [5.74, 6) is -0.508. The first-order chi connectivity index (χ1) is 14.0. The first kappa shape index (κ1) is 20.6. The number of nitrogens with zero attached hydrogens (tertiary/aromatic N) is 3. The van der Waals surface area contributed by atoms with Crippen LogP contribution in [-0.2, 0) is 20.9 Å². The molecular formula is C19H19FN4O4S. The number of ether oxygens (including phenoxy) is 1. The van der Waals surface area contributed by atoms with Crippen LogP contribution in [0.15, 0.2) is 52.2 Å². The topological polar surface area (TPSA) is 99.2 Å². The third-order valence-corrected chi connectivity index (χ3v) is 4.80. The molecule has 0 fully saturated rings. The molecule has 0 aliphatic heterocycles. The van der Waals surface area contributed by atoms with Gasteiger partial charge in [0.2, 0.25) is 0 Å². The summed E-state index contributed by atoms with van der Waals surface area (Å²) in [6.45, 7) is 3.96. The van der Waals surface area contributed by atoms with Crippen LogP contribution in [0.4, 0.5) is 10.1 Å². The van der Waals surface area contributed by atoms with E-state index < -0.39 is 23.8 Å². The van der Waals surface area contributed by atoms with E-state index in [-0.39, 0.29) is 11.4 Å². The number of carbonyl (C=O) groups is 2. The van der Waals surface area contributed by atoms with E-state index >= 15 is 0 Å². The van der Waals surface area contributed by atoms with Crippen LogP contribution in [0, 0.1) is 5.82 Å². The highest BCUT2D eigenvalue weighted by Crippen LogP contribution is 2.24. The van der Waals surface area contributed by atoms with Crippen LogP contribution in [-0.4, -0.2) is 38.5 Å². The minimum Gasteiger partial charge on any atom is -0.461 e. The molecule has 1 N–H and O–H groups in total. The number of carbonyl (C=O) groups excluding carboxylic acids is 2. The van der Waals surface area contributed by atoms with Crippen molar-refractivity contribution in [3.63, 3.8) is 0 Å². The summed E-state index contributed by atoms with van der Waals surface area (Å²) in [6, 6.07) is 8.99. The average Bonchev–Trinajstić information content (AvgIpc) is 3.35. The van der Waals surface area contributed by atoms with Crippen LogP contribution in [0.25, 0.3) is 11.6 Å². The second-order valence-electron chi connectivity index (χ2n) is 5.95. The molecular weight excluding hydrogens is 399 g/mol. The molecule has 0 saturated carbocycles. The van der Waals surface area contributed by atoms with Gasteiger partial charge in [0, 0.05) is 12.2 Å². The van der Waals surface area contributed by atoms with Crippen molar-refractivity contribution in [1.29, 1.82) is 0 Å². The molecule has 0 radical (unpaired) electrons. The van der Waals surface area contributed by atoms with Gasteiger partial charge in [0.1, 0.15) is 5.82 Å². The Morgan fingerprint density at radius 3 is 2.83 bits per heavy atom. The maximum absolute atomic E-state index is 13.2. The van der Waals surface area contributed by atoms with Gasteiger partial charge in [-0.25, -0.2) is 4.39 Å². The van der Waals surface area contributed by atoms with Crippen LogP contribution in [0.2, 0.25) is 0 Å². The Morgan fingerprint density at radius 2 is 2.14 bits per heavy atom. The van der Waals surface area contributed by atoms with Crippen molar-refractivity contribution in [1.82, 2.24) is 14.8 Å². The zero-order valence-electron chi connectivity index (χ0n) is 15.8. The molecule has 1 aromatic carbocycles. The van der Waals surface area contributed by atoms with Crippen LogP contribution in [0.5, 0.6) is 0 Å². The predicted octanol–water partition coefficient (Wildman–Crippen LogP) is 3.36. The smallest absolute Gasteiger partial charge is 0.317 e. The number of halogens is 1. The molecule has 3 aromatic rings. The van der Waals surface area contributed by atoms with Crippen molar-refractivity contribution in [3.05, 3.63) is 48.5 Å². The van der Waals surface area contributed by atoms with Gasteiger partial charge >= 0.3 is 5.97 Å². The van der Waals surface area contributed by atoms with Crippen LogP contribution < -0.4 is 5.32 Å². The highest BCUT2D eigenvalue weighted by atomic mass is 32.2. The molecule has 0 aliphatic rings. The number of rotatable bonds is 8. The standard InChI is InChI=1S/C19H19FN4O4S/c1-3-24-17(15-8-5-9-27-15)22-23-19(24)29-11-16(25)28-12(2)18(26)21-14-7-4-6-13(20)10-14/h4-10,12H,3,11H2,1-2H3,(H,21,26)/t12-/m0/s1. The Bertz CT molecular complexity index is 990. The van der Waals surface area contributed by atoms with Crippen molar-refractivity contribution in [2.45, 2.75) is 31.7 Å². The Hall–Kier alpha value is -3.14. The van der Waals surface area contributed by atoms with E-state index in [0.29, 0.717) is 23.3 Å². The number of aromatic nitrogens is 3. The second kappa shape index (κ2) is 9.37. The van der Waals surface area contributed by atoms with E-state index in [1.54, 1.807) is 24.5 Å². The van der Waals surface area contributed by atoms with Crippen molar-refractivity contribution in [2.75, 3.05) is 11.1 Å². The first-order valence-corrected chi connectivity index (χ1v) is 9.82. The van der Waals surface area contributed by atoms with E-state index in [1.165, 1.54) is 25.1 Å². The minimum absolute atomic E-state index is 0.0477. The Labute approximate surface area is 170 Å². The summed E-state index contributed by atoms with van der Waals surface area (Å²) < 4.78 is 25.5. The summed E-state index contributed by atoms with van der Waals surface area (Å²) in [5.41, 5.74) is 0.286. The zero-order chi connectivity index (χ0) is 20.8. The lowest BCUT2D eigenvalue weighted by Gasteiger charge is -2.13. The molecule has 152 valence electrons. The van der Waals surface area contributed by atoms with Gasteiger partial charge in [0.25, 0.3) is 5.91 Å². The lowest BCUT2D eigenvalue weighted by atomic mass is 10.3. The molecule has 0 bridgehead atoms. The van der Waals surface area contributed by atoms with Gasteiger partial charge in [-0.2, -0.15) is 0 Å². The van der Waals surface area contributed by atoms with Gasteiger partial charge in [0.05, 0.1) is 12.0 Å². The lowest BCUT2D eigenvalue weighted by Crippen LogP contribution is -2.30. The van der Waals surface area contributed by atoms with Gasteiger partial charge in [0.15, 0.2) is 22.8 Å². The molecule has 29 heavy (non-hydrogen) atoms. The number of nitrogens with one attached hydrogen (secondary N) is 1. The van der Waals surface area contributed by atoms with Gasteiger partial charge in [-0.05, 0) is 44.2 Å². The summed E-state index contributed by atoms with van der Waals surface area (Å²) in [4.78, 5) is 24.2. The van der Waals surface area contributed by atoms with E-state index in [1.807, 2.05) is 11.5 Å². The van der Waals surface area contributed by atoms with Crippen LogP contribution in [0.1, 0.15) is 13.8 Å². The number of esters is 1. The summed E-state index contributed by atoms with van der Waals surface area (Å²) in [5, 5.41) is 11.2. The number of furan rings is 1. The van der Waals surface area contributed by atoms with Crippen LogP contribution >= 0.6 is 11.8 Å². The number of hydrogen-bond acceptors (Lipinski definition) is 7. The van der Waals surface area contributed by atoms with Gasteiger partial charge in [-0.15, -0.1) is 10.2 Å². The number of anilines is 1. The Kier molecular flexibility index (Phi) is 6.65. The van der Waals surface area contributed by atoms with Gasteiger partial charge in [-0.3, -0.25) is 14.2 Å². The fraction of sp³-hybridized carbons (Fsp3) is 0.263. The molecule has 0 spiro atoms. The van der Waals surface area contributed by atoms with E-state index in [2.05, 4.69) is 15.5 Å². The minimum atomic E-state index is -1.03. The highest BCUT2D eigenvalue weighted by Gasteiger charge is 2.20. The maximum atomic E-state index is 13.2. The quantitative estimate of drug-likeness (QED) is 0.442. The molecule has 1 amide bonds. The first-order valence-electron chi connectivity index (χ1n) is 8.83. The van der Waals surface area contributed by atoms with Gasteiger partial charge < -0.3 is 14.5 Å². The number of benzene rings is 1. The van der Waals surface area contributed by atoms with E-state index in [9.17, 15) is 14.0 Å². The third kappa shape index (κ3) is 5.23. The molecule has 0 aliphatic carbocycles.